The Kier molecular flexibility index (Phi) is 6.55. The normalized spacial score (nSPS) is 11.7. The van der Waals surface area contributed by atoms with Crippen molar-refractivity contribution in [3.05, 3.63) is 48.0 Å². The molecule has 0 saturated carbocycles. The summed E-state index contributed by atoms with van der Waals surface area (Å²) in [6.07, 6.45) is 3.47. The molecule has 1 amide bonds. The molecule has 0 aliphatic carbocycles. The van der Waals surface area contributed by atoms with Crippen molar-refractivity contribution in [1.82, 2.24) is 18.8 Å². The highest BCUT2D eigenvalue weighted by Gasteiger charge is 2.24. The largest absolute Gasteiger partial charge is 0.339 e. The molecule has 2 rings (SSSR count). The zero-order valence-corrected chi connectivity index (χ0v) is 16.5. The molecule has 0 radical (unpaired) electrons. The highest BCUT2D eigenvalue weighted by molar-refractivity contribution is 7.89. The molecular weight excluding hydrogens is 352 g/mol. The van der Waals surface area contributed by atoms with Gasteiger partial charge in [-0.15, -0.1) is 0 Å². The molecule has 1 heterocycles. The van der Waals surface area contributed by atoms with Crippen molar-refractivity contribution in [1.29, 1.82) is 0 Å². The fourth-order valence-electron chi connectivity index (χ4n) is 2.73. The monoisotopic (exact) mass is 378 g/mol. The van der Waals surface area contributed by atoms with Gasteiger partial charge in [-0.1, -0.05) is 6.07 Å². The topological polar surface area (TPSA) is 75.5 Å². The zero-order chi connectivity index (χ0) is 19.3. The van der Waals surface area contributed by atoms with Gasteiger partial charge in [-0.3, -0.25) is 4.79 Å². The van der Waals surface area contributed by atoms with Gasteiger partial charge >= 0.3 is 0 Å². The van der Waals surface area contributed by atoms with Crippen molar-refractivity contribution in [2.45, 2.75) is 38.8 Å². The van der Waals surface area contributed by atoms with Crippen LogP contribution in [0.1, 0.15) is 37.0 Å². The second kappa shape index (κ2) is 8.46. The lowest BCUT2D eigenvalue weighted by Crippen LogP contribution is -2.31. The summed E-state index contributed by atoms with van der Waals surface area (Å²) in [5, 5.41) is 0. The fourth-order valence-corrected chi connectivity index (χ4v) is 3.90. The Morgan fingerprint density at radius 2 is 1.88 bits per heavy atom. The highest BCUT2D eigenvalue weighted by atomic mass is 32.2. The van der Waals surface area contributed by atoms with E-state index in [1.54, 1.807) is 23.2 Å². The minimum absolute atomic E-state index is 0.104. The number of amides is 1. The van der Waals surface area contributed by atoms with Gasteiger partial charge in [0.25, 0.3) is 5.91 Å². The molecule has 0 aliphatic heterocycles. The Morgan fingerprint density at radius 3 is 2.50 bits per heavy atom. The molecular formula is C18H26N4O3S. The molecule has 2 aromatic rings. The first-order valence-electron chi connectivity index (χ1n) is 8.70. The van der Waals surface area contributed by atoms with Gasteiger partial charge in [0, 0.05) is 44.6 Å². The lowest BCUT2D eigenvalue weighted by molar-refractivity contribution is 0.0772. The SMILES string of the molecule is CCN(CC)C(=O)c1cccc(S(=O)(=O)N(C)Cc2nccn2CC)c1. The van der Waals surface area contributed by atoms with Crippen molar-refractivity contribution in [2.75, 3.05) is 20.1 Å². The van der Waals surface area contributed by atoms with Crippen molar-refractivity contribution < 1.29 is 13.2 Å². The van der Waals surface area contributed by atoms with Gasteiger partial charge in [-0.25, -0.2) is 13.4 Å². The van der Waals surface area contributed by atoms with E-state index >= 15 is 0 Å². The molecule has 8 heteroatoms. The van der Waals surface area contributed by atoms with Crippen LogP contribution < -0.4 is 0 Å². The maximum atomic E-state index is 12.9. The summed E-state index contributed by atoms with van der Waals surface area (Å²) < 4.78 is 29.0. The molecule has 0 fully saturated rings. The summed E-state index contributed by atoms with van der Waals surface area (Å²) in [4.78, 5) is 18.5. The third kappa shape index (κ3) is 4.13. The number of aromatic nitrogens is 2. The van der Waals surface area contributed by atoms with Crippen LogP contribution in [0.4, 0.5) is 0 Å². The summed E-state index contributed by atoms with van der Waals surface area (Å²) >= 11 is 0. The number of aryl methyl sites for hydroxylation is 1. The average molecular weight is 378 g/mol. The van der Waals surface area contributed by atoms with E-state index in [9.17, 15) is 13.2 Å². The van der Waals surface area contributed by atoms with Gasteiger partial charge in [0.05, 0.1) is 11.4 Å². The Balaban J connectivity index is 2.28. The molecule has 0 atom stereocenters. The van der Waals surface area contributed by atoms with E-state index in [4.69, 9.17) is 0 Å². The first-order chi connectivity index (χ1) is 12.3. The second-order valence-electron chi connectivity index (χ2n) is 5.90. The van der Waals surface area contributed by atoms with Crippen LogP contribution in [0.3, 0.4) is 0 Å². The first-order valence-corrected chi connectivity index (χ1v) is 10.1. The van der Waals surface area contributed by atoms with Crippen LogP contribution in [0.2, 0.25) is 0 Å². The van der Waals surface area contributed by atoms with Crippen LogP contribution in [0.5, 0.6) is 0 Å². The minimum Gasteiger partial charge on any atom is -0.339 e. The van der Waals surface area contributed by atoms with Crippen molar-refractivity contribution in [3.8, 4) is 0 Å². The predicted molar refractivity (Wildman–Crippen MR) is 100 cm³/mol. The number of benzene rings is 1. The van der Waals surface area contributed by atoms with Crippen molar-refractivity contribution >= 4 is 15.9 Å². The Morgan fingerprint density at radius 1 is 1.19 bits per heavy atom. The standard InChI is InChI=1S/C18H26N4O3S/c1-5-21(6-2)18(23)15-9-8-10-16(13-15)26(24,25)20(4)14-17-19-11-12-22(17)7-3/h8-13H,5-7,14H2,1-4H3. The lowest BCUT2D eigenvalue weighted by atomic mass is 10.2. The number of nitrogens with zero attached hydrogens (tertiary/aromatic N) is 4. The van der Waals surface area contributed by atoms with Crippen molar-refractivity contribution in [2.24, 2.45) is 0 Å². The number of sulfonamides is 1. The van der Waals surface area contributed by atoms with E-state index in [0.29, 0.717) is 24.5 Å². The maximum Gasteiger partial charge on any atom is 0.253 e. The Labute approximate surface area is 155 Å². The van der Waals surface area contributed by atoms with Crippen LogP contribution in [0, 0.1) is 0 Å². The van der Waals surface area contributed by atoms with E-state index < -0.39 is 10.0 Å². The molecule has 142 valence electrons. The smallest absolute Gasteiger partial charge is 0.253 e. The van der Waals surface area contributed by atoms with Gasteiger partial charge in [-0.05, 0) is 39.0 Å². The average Bonchev–Trinajstić information content (AvgIpc) is 3.09. The summed E-state index contributed by atoms with van der Waals surface area (Å²) in [5.74, 6) is 0.505. The number of carbonyl (C=O) groups is 1. The van der Waals surface area contributed by atoms with E-state index in [1.165, 1.54) is 23.5 Å². The molecule has 1 aromatic heterocycles. The van der Waals surface area contributed by atoms with Crippen LogP contribution >= 0.6 is 0 Å². The Bertz CT molecular complexity index is 857. The van der Waals surface area contributed by atoms with Gasteiger partial charge in [0.2, 0.25) is 10.0 Å². The van der Waals surface area contributed by atoms with Gasteiger partial charge in [0.1, 0.15) is 5.82 Å². The third-order valence-electron chi connectivity index (χ3n) is 4.35. The quantitative estimate of drug-likeness (QED) is 0.706. The Hall–Kier alpha value is -2.19. The molecule has 26 heavy (non-hydrogen) atoms. The number of imidazole rings is 1. The summed E-state index contributed by atoms with van der Waals surface area (Å²) in [5.41, 5.74) is 0.373. The zero-order valence-electron chi connectivity index (χ0n) is 15.7. The summed E-state index contributed by atoms with van der Waals surface area (Å²) in [6.45, 7) is 7.80. The number of carbonyl (C=O) groups excluding carboxylic acids is 1. The van der Waals surface area contributed by atoms with E-state index in [2.05, 4.69) is 4.98 Å². The molecule has 0 saturated heterocycles. The molecule has 0 aliphatic rings. The van der Waals surface area contributed by atoms with Crippen LogP contribution in [0.15, 0.2) is 41.6 Å². The van der Waals surface area contributed by atoms with Gasteiger partial charge in [-0.2, -0.15) is 4.31 Å². The molecule has 0 bridgehead atoms. The van der Waals surface area contributed by atoms with Gasteiger partial charge in [0.15, 0.2) is 0 Å². The predicted octanol–water partition coefficient (Wildman–Crippen LogP) is 2.21. The molecule has 0 spiro atoms. The molecule has 7 nitrogen and oxygen atoms in total. The second-order valence-corrected chi connectivity index (χ2v) is 7.94. The van der Waals surface area contributed by atoms with Crippen molar-refractivity contribution in [3.63, 3.8) is 0 Å². The van der Waals surface area contributed by atoms with Crippen LogP contribution in [-0.2, 0) is 23.1 Å². The number of hydrogen-bond donors (Lipinski definition) is 0. The lowest BCUT2D eigenvalue weighted by Gasteiger charge is -2.20. The summed E-state index contributed by atoms with van der Waals surface area (Å²) in [7, 11) is -2.21. The van der Waals surface area contributed by atoms with E-state index in [-0.39, 0.29) is 17.3 Å². The van der Waals surface area contributed by atoms with Crippen LogP contribution in [0.25, 0.3) is 0 Å². The summed E-state index contributed by atoms with van der Waals surface area (Å²) in [6, 6.07) is 6.20. The molecule has 0 unspecified atom stereocenters. The van der Waals surface area contributed by atoms with Gasteiger partial charge < -0.3 is 9.47 Å². The minimum atomic E-state index is -3.73. The fraction of sp³-hybridized carbons (Fsp3) is 0.444. The highest BCUT2D eigenvalue weighted by Crippen LogP contribution is 2.19. The van der Waals surface area contributed by atoms with Crippen LogP contribution in [-0.4, -0.2) is 53.2 Å². The maximum absolute atomic E-state index is 12.9. The van der Waals surface area contributed by atoms with E-state index in [1.807, 2.05) is 31.5 Å². The number of rotatable bonds is 8. The first kappa shape index (κ1) is 20.1. The van der Waals surface area contributed by atoms with E-state index in [0.717, 1.165) is 6.54 Å². The number of hydrogen-bond acceptors (Lipinski definition) is 4. The third-order valence-corrected chi connectivity index (χ3v) is 6.15. The molecule has 0 N–H and O–H groups in total. The molecule has 1 aromatic carbocycles.